The van der Waals surface area contributed by atoms with Gasteiger partial charge in [0, 0.05) is 0 Å². The maximum Gasteiger partial charge on any atom is 0.113 e. The molecular weight excluding hydrogens is 202 g/mol. The van der Waals surface area contributed by atoms with E-state index < -0.39 is 5.60 Å². The van der Waals surface area contributed by atoms with Gasteiger partial charge in [-0.15, -0.1) is 5.10 Å². The van der Waals surface area contributed by atoms with Crippen molar-refractivity contribution >= 4 is 11.0 Å². The van der Waals surface area contributed by atoms with Gasteiger partial charge in [-0.1, -0.05) is 24.3 Å². The molecule has 1 atom stereocenters. The zero-order valence-corrected chi connectivity index (χ0v) is 9.88. The van der Waals surface area contributed by atoms with Crippen LogP contribution in [0.4, 0.5) is 0 Å². The molecule has 0 fully saturated rings. The summed E-state index contributed by atoms with van der Waals surface area (Å²) in [5, 5.41) is 18.4. The lowest BCUT2D eigenvalue weighted by molar-refractivity contribution is 0.0175. The molecule has 0 spiro atoms. The molecule has 0 saturated heterocycles. The SMILES string of the molecule is CCC(n1nnc2ccccc21)C(C)(C)O. The Bertz CT molecular complexity index is 484. The Hall–Kier alpha value is -1.42. The van der Waals surface area contributed by atoms with Gasteiger partial charge in [0.2, 0.25) is 0 Å². The van der Waals surface area contributed by atoms with E-state index in [9.17, 15) is 5.11 Å². The number of aliphatic hydroxyl groups is 1. The molecule has 1 aromatic carbocycles. The van der Waals surface area contributed by atoms with Crippen molar-refractivity contribution in [1.29, 1.82) is 0 Å². The predicted octanol–water partition coefficient (Wildman–Crippen LogP) is 2.15. The van der Waals surface area contributed by atoms with Crippen molar-refractivity contribution < 1.29 is 5.11 Å². The van der Waals surface area contributed by atoms with Crippen LogP contribution in [0.15, 0.2) is 24.3 Å². The molecule has 86 valence electrons. The Morgan fingerprint density at radius 1 is 1.38 bits per heavy atom. The first-order valence-electron chi connectivity index (χ1n) is 5.56. The van der Waals surface area contributed by atoms with Crippen molar-refractivity contribution in [3.63, 3.8) is 0 Å². The van der Waals surface area contributed by atoms with Crippen LogP contribution in [0.3, 0.4) is 0 Å². The fraction of sp³-hybridized carbons (Fsp3) is 0.500. The molecule has 16 heavy (non-hydrogen) atoms. The first-order valence-corrected chi connectivity index (χ1v) is 5.56. The van der Waals surface area contributed by atoms with E-state index in [1.807, 2.05) is 35.9 Å². The number of aromatic nitrogens is 3. The minimum Gasteiger partial charge on any atom is -0.388 e. The Morgan fingerprint density at radius 2 is 2.06 bits per heavy atom. The highest BCUT2D eigenvalue weighted by Crippen LogP contribution is 2.27. The molecule has 0 bridgehead atoms. The first-order chi connectivity index (χ1) is 7.54. The number of rotatable bonds is 3. The fourth-order valence-electron chi connectivity index (χ4n) is 2.09. The molecular formula is C12H17N3O. The monoisotopic (exact) mass is 219 g/mol. The molecule has 1 heterocycles. The van der Waals surface area contributed by atoms with Crippen LogP contribution >= 0.6 is 0 Å². The summed E-state index contributed by atoms with van der Waals surface area (Å²) in [5.41, 5.74) is 1.03. The summed E-state index contributed by atoms with van der Waals surface area (Å²) in [6, 6.07) is 7.74. The standard InChI is InChI=1S/C12H17N3O/c1-4-11(12(2,3)16)15-10-8-6-5-7-9(10)13-14-15/h5-8,11,16H,4H2,1-3H3. The van der Waals surface area contributed by atoms with Gasteiger partial charge in [0.05, 0.1) is 17.2 Å². The Kier molecular flexibility index (Phi) is 2.68. The van der Waals surface area contributed by atoms with Crippen molar-refractivity contribution in [2.45, 2.75) is 38.8 Å². The maximum atomic E-state index is 10.1. The largest absolute Gasteiger partial charge is 0.388 e. The van der Waals surface area contributed by atoms with Crippen molar-refractivity contribution in [1.82, 2.24) is 15.0 Å². The summed E-state index contributed by atoms with van der Waals surface area (Å²) < 4.78 is 1.81. The summed E-state index contributed by atoms with van der Waals surface area (Å²) in [7, 11) is 0. The van der Waals surface area contributed by atoms with Crippen molar-refractivity contribution in [2.24, 2.45) is 0 Å². The minimum atomic E-state index is -0.800. The van der Waals surface area contributed by atoms with Crippen LogP contribution in [0.5, 0.6) is 0 Å². The molecule has 4 heteroatoms. The van der Waals surface area contributed by atoms with Crippen LogP contribution in [0.2, 0.25) is 0 Å². The number of hydrogen-bond donors (Lipinski definition) is 1. The van der Waals surface area contributed by atoms with Gasteiger partial charge in [-0.05, 0) is 32.4 Å². The zero-order chi connectivity index (χ0) is 11.8. The average molecular weight is 219 g/mol. The molecule has 0 saturated carbocycles. The molecule has 0 amide bonds. The molecule has 2 aromatic rings. The third-order valence-corrected chi connectivity index (χ3v) is 2.87. The third kappa shape index (κ3) is 1.80. The molecule has 4 nitrogen and oxygen atoms in total. The molecule has 1 unspecified atom stereocenters. The number of benzene rings is 1. The molecule has 0 aliphatic heterocycles. The van der Waals surface area contributed by atoms with E-state index in [1.54, 1.807) is 13.8 Å². The second-order valence-corrected chi connectivity index (χ2v) is 4.60. The van der Waals surface area contributed by atoms with E-state index in [0.29, 0.717) is 0 Å². The van der Waals surface area contributed by atoms with Gasteiger partial charge in [0.15, 0.2) is 0 Å². The van der Waals surface area contributed by atoms with Gasteiger partial charge in [-0.25, -0.2) is 4.68 Å². The first kappa shape index (κ1) is 11.1. The van der Waals surface area contributed by atoms with Crippen molar-refractivity contribution in [3.8, 4) is 0 Å². The molecule has 0 radical (unpaired) electrons. The minimum absolute atomic E-state index is 0.0556. The summed E-state index contributed by atoms with van der Waals surface area (Å²) in [6.45, 7) is 5.65. The molecule has 1 N–H and O–H groups in total. The van der Waals surface area contributed by atoms with E-state index in [2.05, 4.69) is 10.3 Å². The summed E-state index contributed by atoms with van der Waals surface area (Å²) in [5.74, 6) is 0. The highest BCUT2D eigenvalue weighted by atomic mass is 16.3. The second-order valence-electron chi connectivity index (χ2n) is 4.60. The predicted molar refractivity (Wildman–Crippen MR) is 63.2 cm³/mol. The Balaban J connectivity index is 2.54. The fourth-order valence-corrected chi connectivity index (χ4v) is 2.09. The van der Waals surface area contributed by atoms with Crippen LogP contribution in [0.25, 0.3) is 11.0 Å². The van der Waals surface area contributed by atoms with E-state index in [-0.39, 0.29) is 6.04 Å². The van der Waals surface area contributed by atoms with Gasteiger partial charge >= 0.3 is 0 Å². The highest BCUT2D eigenvalue weighted by molar-refractivity contribution is 5.74. The average Bonchev–Trinajstić information content (AvgIpc) is 2.61. The molecule has 2 rings (SSSR count). The number of para-hydroxylation sites is 1. The summed E-state index contributed by atoms with van der Waals surface area (Å²) in [6.07, 6.45) is 0.816. The molecule has 0 aliphatic rings. The second kappa shape index (κ2) is 3.87. The van der Waals surface area contributed by atoms with Gasteiger partial charge < -0.3 is 5.11 Å². The van der Waals surface area contributed by atoms with Gasteiger partial charge in [0.25, 0.3) is 0 Å². The van der Waals surface area contributed by atoms with E-state index >= 15 is 0 Å². The van der Waals surface area contributed by atoms with Crippen LogP contribution in [-0.4, -0.2) is 25.7 Å². The van der Waals surface area contributed by atoms with E-state index in [4.69, 9.17) is 0 Å². The lowest BCUT2D eigenvalue weighted by Crippen LogP contribution is -2.33. The maximum absolute atomic E-state index is 10.1. The number of hydrogen-bond acceptors (Lipinski definition) is 3. The normalized spacial score (nSPS) is 14.2. The Labute approximate surface area is 94.9 Å². The van der Waals surface area contributed by atoms with Crippen LogP contribution in [-0.2, 0) is 0 Å². The van der Waals surface area contributed by atoms with Crippen molar-refractivity contribution in [2.75, 3.05) is 0 Å². The number of nitrogens with zero attached hydrogens (tertiary/aromatic N) is 3. The number of fused-ring (bicyclic) bond motifs is 1. The van der Waals surface area contributed by atoms with E-state index in [0.717, 1.165) is 17.5 Å². The van der Waals surface area contributed by atoms with Crippen molar-refractivity contribution in [3.05, 3.63) is 24.3 Å². The van der Waals surface area contributed by atoms with Gasteiger partial charge in [0.1, 0.15) is 5.52 Å². The van der Waals surface area contributed by atoms with Gasteiger partial charge in [-0.2, -0.15) is 0 Å². The van der Waals surface area contributed by atoms with E-state index in [1.165, 1.54) is 0 Å². The van der Waals surface area contributed by atoms with Crippen LogP contribution in [0, 0.1) is 0 Å². The Morgan fingerprint density at radius 3 is 2.69 bits per heavy atom. The van der Waals surface area contributed by atoms with Crippen LogP contribution < -0.4 is 0 Å². The summed E-state index contributed by atoms with van der Waals surface area (Å²) >= 11 is 0. The highest BCUT2D eigenvalue weighted by Gasteiger charge is 2.28. The third-order valence-electron chi connectivity index (χ3n) is 2.87. The molecule has 0 aliphatic carbocycles. The smallest absolute Gasteiger partial charge is 0.113 e. The lowest BCUT2D eigenvalue weighted by Gasteiger charge is -2.28. The molecule has 1 aromatic heterocycles. The quantitative estimate of drug-likeness (QED) is 0.860. The topological polar surface area (TPSA) is 50.9 Å². The summed E-state index contributed by atoms with van der Waals surface area (Å²) in [4.78, 5) is 0. The van der Waals surface area contributed by atoms with Crippen LogP contribution in [0.1, 0.15) is 33.2 Å². The van der Waals surface area contributed by atoms with Gasteiger partial charge in [-0.3, -0.25) is 0 Å². The zero-order valence-electron chi connectivity index (χ0n) is 9.88. The lowest BCUT2D eigenvalue weighted by atomic mass is 9.96.